The van der Waals surface area contributed by atoms with Gasteiger partial charge in [0.2, 0.25) is 5.75 Å². The second-order valence-corrected chi connectivity index (χ2v) is 7.86. The Hall–Kier alpha value is -2.35. The Bertz CT molecular complexity index is 917. The number of benzene rings is 2. The zero-order valence-corrected chi connectivity index (χ0v) is 19.3. The van der Waals surface area contributed by atoms with Crippen molar-refractivity contribution < 1.29 is 23.7 Å². The van der Waals surface area contributed by atoms with Crippen LogP contribution < -0.4 is 18.9 Å². The lowest BCUT2D eigenvalue weighted by Gasteiger charge is -2.35. The summed E-state index contributed by atoms with van der Waals surface area (Å²) < 4.78 is 21.9. The second-order valence-electron chi connectivity index (χ2n) is 7.01. The van der Waals surface area contributed by atoms with Crippen molar-refractivity contribution in [1.82, 2.24) is 9.80 Å². The molecule has 0 aromatic heterocycles. The zero-order chi connectivity index (χ0) is 22.4. The number of rotatable bonds is 8. The van der Waals surface area contributed by atoms with Crippen molar-refractivity contribution >= 4 is 29.1 Å². The van der Waals surface area contributed by atoms with Gasteiger partial charge in [0.15, 0.2) is 18.1 Å². The molecule has 7 nitrogen and oxygen atoms in total. The number of amides is 1. The van der Waals surface area contributed by atoms with Crippen LogP contribution in [0.3, 0.4) is 0 Å². The Kier molecular flexibility index (Phi) is 8.12. The molecule has 3 rings (SSSR count). The van der Waals surface area contributed by atoms with Gasteiger partial charge in [-0.25, -0.2) is 0 Å². The van der Waals surface area contributed by atoms with Gasteiger partial charge in [-0.3, -0.25) is 9.69 Å². The molecule has 1 saturated heterocycles. The molecule has 1 heterocycles. The number of methoxy groups -OCH3 is 3. The Morgan fingerprint density at radius 3 is 2.19 bits per heavy atom. The van der Waals surface area contributed by atoms with Crippen LogP contribution in [0.15, 0.2) is 30.3 Å². The van der Waals surface area contributed by atoms with Crippen LogP contribution in [0.5, 0.6) is 23.0 Å². The minimum atomic E-state index is -0.0747. The van der Waals surface area contributed by atoms with E-state index >= 15 is 0 Å². The number of halogens is 2. The summed E-state index contributed by atoms with van der Waals surface area (Å²) in [6, 6.07) is 8.77. The third-order valence-corrected chi connectivity index (χ3v) is 5.68. The van der Waals surface area contributed by atoms with Gasteiger partial charge in [-0.1, -0.05) is 29.3 Å². The Labute approximate surface area is 192 Å². The lowest BCUT2D eigenvalue weighted by atomic mass is 10.1. The van der Waals surface area contributed by atoms with Gasteiger partial charge in [0, 0.05) is 43.3 Å². The minimum Gasteiger partial charge on any atom is -0.493 e. The lowest BCUT2D eigenvalue weighted by Crippen LogP contribution is -2.49. The van der Waals surface area contributed by atoms with Crippen LogP contribution in [0.1, 0.15) is 5.56 Å². The number of carbonyl (C=O) groups excluding carboxylic acids is 1. The van der Waals surface area contributed by atoms with E-state index in [9.17, 15) is 4.79 Å². The van der Waals surface area contributed by atoms with E-state index in [0.29, 0.717) is 52.7 Å². The van der Waals surface area contributed by atoms with Gasteiger partial charge in [0.05, 0.1) is 26.4 Å². The van der Waals surface area contributed by atoms with Crippen molar-refractivity contribution in [2.75, 3.05) is 54.1 Å². The summed E-state index contributed by atoms with van der Waals surface area (Å²) in [7, 11) is 4.80. The predicted octanol–water partition coefficient (Wildman–Crippen LogP) is 3.74. The van der Waals surface area contributed by atoms with Crippen LogP contribution in [0, 0.1) is 0 Å². The number of piperazine rings is 1. The zero-order valence-electron chi connectivity index (χ0n) is 17.8. The maximum absolute atomic E-state index is 12.5. The number of hydrogen-bond acceptors (Lipinski definition) is 6. The molecule has 9 heteroatoms. The maximum Gasteiger partial charge on any atom is 0.260 e. The highest BCUT2D eigenvalue weighted by molar-refractivity contribution is 6.35. The maximum atomic E-state index is 12.5. The number of ether oxygens (including phenoxy) is 4. The van der Waals surface area contributed by atoms with Gasteiger partial charge in [-0.2, -0.15) is 0 Å². The molecular formula is C22H26Cl2N2O5. The summed E-state index contributed by atoms with van der Waals surface area (Å²) in [5.41, 5.74) is 1.00. The molecule has 168 valence electrons. The van der Waals surface area contributed by atoms with Gasteiger partial charge >= 0.3 is 0 Å². The van der Waals surface area contributed by atoms with Gasteiger partial charge in [-0.05, 0) is 24.3 Å². The number of nitrogens with zero attached hydrogens (tertiary/aromatic N) is 2. The highest BCUT2D eigenvalue weighted by atomic mass is 35.5. The van der Waals surface area contributed by atoms with E-state index in [1.165, 1.54) is 0 Å². The van der Waals surface area contributed by atoms with Crippen LogP contribution in [-0.2, 0) is 11.3 Å². The van der Waals surface area contributed by atoms with E-state index in [4.69, 9.17) is 42.1 Å². The molecule has 1 fully saturated rings. The standard InChI is InChI=1S/C22H26Cl2N2O5/c1-28-19-6-4-15(21(29-2)22(19)30-3)13-25-8-10-26(11-9-25)20(27)14-31-18-7-5-16(23)12-17(18)24/h4-7,12H,8-11,13-14H2,1-3H3. The molecule has 0 bridgehead atoms. The lowest BCUT2D eigenvalue weighted by molar-refractivity contribution is -0.135. The second kappa shape index (κ2) is 10.8. The topological polar surface area (TPSA) is 60.5 Å². The van der Waals surface area contributed by atoms with Gasteiger partial charge in [0.1, 0.15) is 5.75 Å². The number of carbonyl (C=O) groups is 1. The highest BCUT2D eigenvalue weighted by Crippen LogP contribution is 2.40. The van der Waals surface area contributed by atoms with Crippen molar-refractivity contribution in [2.24, 2.45) is 0 Å². The largest absolute Gasteiger partial charge is 0.493 e. The summed E-state index contributed by atoms with van der Waals surface area (Å²) in [6.07, 6.45) is 0. The molecule has 0 aliphatic carbocycles. The van der Waals surface area contributed by atoms with Crippen molar-refractivity contribution in [2.45, 2.75) is 6.54 Å². The summed E-state index contributed by atoms with van der Waals surface area (Å²) >= 11 is 12.0. The molecule has 1 aliphatic heterocycles. The van der Waals surface area contributed by atoms with Crippen molar-refractivity contribution in [3.05, 3.63) is 45.9 Å². The summed E-state index contributed by atoms with van der Waals surface area (Å²) in [5.74, 6) is 2.23. The van der Waals surface area contributed by atoms with E-state index in [1.54, 1.807) is 44.4 Å². The normalized spacial score (nSPS) is 14.3. The van der Waals surface area contributed by atoms with Crippen LogP contribution in [-0.4, -0.2) is 69.8 Å². The molecule has 0 unspecified atom stereocenters. The summed E-state index contributed by atoms with van der Waals surface area (Å²) in [4.78, 5) is 16.6. The van der Waals surface area contributed by atoms with E-state index in [2.05, 4.69) is 4.90 Å². The fourth-order valence-electron chi connectivity index (χ4n) is 3.51. The molecular weight excluding hydrogens is 443 g/mol. The predicted molar refractivity (Wildman–Crippen MR) is 120 cm³/mol. The van der Waals surface area contributed by atoms with E-state index in [1.807, 2.05) is 12.1 Å². The van der Waals surface area contributed by atoms with Crippen LogP contribution in [0.4, 0.5) is 0 Å². The average Bonchev–Trinajstić information content (AvgIpc) is 2.78. The number of hydrogen-bond donors (Lipinski definition) is 0. The molecule has 0 saturated carbocycles. The third kappa shape index (κ3) is 5.67. The van der Waals surface area contributed by atoms with Crippen LogP contribution >= 0.6 is 23.2 Å². The fourth-order valence-corrected chi connectivity index (χ4v) is 3.97. The molecule has 2 aromatic carbocycles. The summed E-state index contributed by atoms with van der Waals surface area (Å²) in [5, 5.41) is 0.903. The Balaban J connectivity index is 1.54. The van der Waals surface area contributed by atoms with Crippen molar-refractivity contribution in [3.8, 4) is 23.0 Å². The first-order valence-electron chi connectivity index (χ1n) is 9.82. The quantitative estimate of drug-likeness (QED) is 0.587. The SMILES string of the molecule is COc1ccc(CN2CCN(C(=O)COc3ccc(Cl)cc3Cl)CC2)c(OC)c1OC. The molecule has 1 amide bonds. The molecule has 0 radical (unpaired) electrons. The van der Waals surface area contributed by atoms with Gasteiger partial charge in [0.25, 0.3) is 5.91 Å². The molecule has 1 aliphatic rings. The molecule has 31 heavy (non-hydrogen) atoms. The molecule has 0 atom stereocenters. The van der Waals surface area contributed by atoms with E-state index in [-0.39, 0.29) is 12.5 Å². The van der Waals surface area contributed by atoms with Gasteiger partial charge < -0.3 is 23.8 Å². The Morgan fingerprint density at radius 2 is 1.58 bits per heavy atom. The first kappa shape index (κ1) is 23.3. The summed E-state index contributed by atoms with van der Waals surface area (Å²) in [6.45, 7) is 3.33. The monoisotopic (exact) mass is 468 g/mol. The molecule has 0 spiro atoms. The molecule has 0 N–H and O–H groups in total. The van der Waals surface area contributed by atoms with Crippen LogP contribution in [0.25, 0.3) is 0 Å². The highest BCUT2D eigenvalue weighted by Gasteiger charge is 2.24. The first-order valence-corrected chi connectivity index (χ1v) is 10.6. The van der Waals surface area contributed by atoms with E-state index in [0.717, 1.165) is 18.7 Å². The third-order valence-electron chi connectivity index (χ3n) is 5.15. The van der Waals surface area contributed by atoms with Crippen molar-refractivity contribution in [1.29, 1.82) is 0 Å². The molecule has 2 aromatic rings. The Morgan fingerprint density at radius 1 is 0.903 bits per heavy atom. The van der Waals surface area contributed by atoms with E-state index < -0.39 is 0 Å². The average molecular weight is 469 g/mol. The first-order chi connectivity index (χ1) is 15.0. The smallest absolute Gasteiger partial charge is 0.260 e. The van der Waals surface area contributed by atoms with Crippen LogP contribution in [0.2, 0.25) is 10.0 Å². The fraction of sp³-hybridized carbons (Fsp3) is 0.409. The minimum absolute atomic E-state index is 0.0646. The van der Waals surface area contributed by atoms with Gasteiger partial charge in [-0.15, -0.1) is 0 Å². The van der Waals surface area contributed by atoms with Crippen molar-refractivity contribution in [3.63, 3.8) is 0 Å².